The summed E-state index contributed by atoms with van der Waals surface area (Å²) >= 11 is 1.61. The van der Waals surface area contributed by atoms with E-state index in [4.69, 9.17) is 5.11 Å². The van der Waals surface area contributed by atoms with Crippen molar-refractivity contribution in [2.75, 3.05) is 13.2 Å². The zero-order valence-corrected chi connectivity index (χ0v) is 11.6. The molecule has 1 heterocycles. The van der Waals surface area contributed by atoms with Crippen LogP contribution in [-0.4, -0.2) is 40.2 Å². The van der Waals surface area contributed by atoms with E-state index in [1.807, 2.05) is 13.8 Å². The van der Waals surface area contributed by atoms with Crippen molar-refractivity contribution in [2.24, 2.45) is 0 Å². The van der Waals surface area contributed by atoms with Crippen LogP contribution in [0.2, 0.25) is 0 Å². The predicted molar refractivity (Wildman–Crippen MR) is 70.6 cm³/mol. The van der Waals surface area contributed by atoms with Gasteiger partial charge >= 0.3 is 6.03 Å². The molecule has 0 bridgehead atoms. The number of aryl methyl sites for hydroxylation is 2. The number of hydrogen-bond acceptors (Lipinski definition) is 4. The molecule has 0 radical (unpaired) electrons. The van der Waals surface area contributed by atoms with Gasteiger partial charge in [0.15, 0.2) is 0 Å². The van der Waals surface area contributed by atoms with Crippen molar-refractivity contribution in [1.82, 2.24) is 15.2 Å². The molecule has 0 unspecified atom stereocenters. The number of nitrogens with zero attached hydrogens (tertiary/aromatic N) is 2. The number of aliphatic hydroxyl groups is 1. The van der Waals surface area contributed by atoms with E-state index in [1.54, 1.807) is 16.2 Å². The molecule has 2 amide bonds. The fourth-order valence-corrected chi connectivity index (χ4v) is 2.82. The topological polar surface area (TPSA) is 65.5 Å². The summed E-state index contributed by atoms with van der Waals surface area (Å²) in [7, 11) is 0. The Kier molecular flexibility index (Phi) is 4.19. The van der Waals surface area contributed by atoms with Crippen LogP contribution >= 0.6 is 11.3 Å². The van der Waals surface area contributed by atoms with Crippen molar-refractivity contribution in [3.05, 3.63) is 15.6 Å². The van der Waals surface area contributed by atoms with Crippen LogP contribution in [0.4, 0.5) is 4.79 Å². The highest BCUT2D eigenvalue weighted by Gasteiger charge is 2.32. The minimum atomic E-state index is -0.0861. The van der Waals surface area contributed by atoms with E-state index < -0.39 is 0 Å². The number of aromatic nitrogens is 1. The minimum absolute atomic E-state index is 0.0165. The Morgan fingerprint density at radius 3 is 2.78 bits per heavy atom. The van der Waals surface area contributed by atoms with Crippen molar-refractivity contribution in [3.8, 4) is 0 Å². The van der Waals surface area contributed by atoms with E-state index in [1.165, 1.54) is 0 Å². The quantitative estimate of drug-likeness (QED) is 0.850. The SMILES string of the molecule is Cc1nc(C)c(CNC(=O)N(CCO)C2CC2)s1. The van der Waals surface area contributed by atoms with Crippen LogP contribution in [0.25, 0.3) is 0 Å². The van der Waals surface area contributed by atoms with E-state index in [0.717, 1.165) is 28.4 Å². The second kappa shape index (κ2) is 5.67. The maximum absolute atomic E-state index is 12.0. The van der Waals surface area contributed by atoms with Crippen molar-refractivity contribution in [2.45, 2.75) is 39.3 Å². The summed E-state index contributed by atoms with van der Waals surface area (Å²) in [4.78, 5) is 19.1. The number of amides is 2. The summed E-state index contributed by atoms with van der Waals surface area (Å²) in [5, 5.41) is 12.9. The molecule has 0 saturated heterocycles. The lowest BCUT2D eigenvalue weighted by Crippen LogP contribution is -2.42. The van der Waals surface area contributed by atoms with Crippen molar-refractivity contribution < 1.29 is 9.90 Å². The van der Waals surface area contributed by atoms with Crippen LogP contribution in [0.5, 0.6) is 0 Å². The maximum Gasteiger partial charge on any atom is 0.318 e. The summed E-state index contributed by atoms with van der Waals surface area (Å²) < 4.78 is 0. The van der Waals surface area contributed by atoms with Gasteiger partial charge < -0.3 is 15.3 Å². The van der Waals surface area contributed by atoms with E-state index in [-0.39, 0.29) is 12.6 Å². The fraction of sp³-hybridized carbons (Fsp3) is 0.667. The third-order valence-corrected chi connectivity index (χ3v) is 4.06. The van der Waals surface area contributed by atoms with Gasteiger partial charge in [0.2, 0.25) is 0 Å². The van der Waals surface area contributed by atoms with Gasteiger partial charge in [-0.15, -0.1) is 11.3 Å². The standard InChI is InChI=1S/C12H19N3O2S/c1-8-11(18-9(2)14-8)7-13-12(17)15(5-6-16)10-3-4-10/h10,16H,3-7H2,1-2H3,(H,13,17). The van der Waals surface area contributed by atoms with E-state index >= 15 is 0 Å². The predicted octanol–water partition coefficient (Wildman–Crippen LogP) is 1.43. The summed E-state index contributed by atoms with van der Waals surface area (Å²) in [6, 6.07) is 0.235. The van der Waals surface area contributed by atoms with E-state index in [2.05, 4.69) is 10.3 Å². The van der Waals surface area contributed by atoms with E-state index in [9.17, 15) is 4.79 Å². The highest BCUT2D eigenvalue weighted by atomic mass is 32.1. The van der Waals surface area contributed by atoms with Gasteiger partial charge in [0.05, 0.1) is 23.9 Å². The van der Waals surface area contributed by atoms with Crippen LogP contribution in [0.15, 0.2) is 0 Å². The van der Waals surface area contributed by atoms with Gasteiger partial charge in [-0.2, -0.15) is 0 Å². The van der Waals surface area contributed by atoms with Crippen LogP contribution in [0, 0.1) is 13.8 Å². The molecule has 0 spiro atoms. The van der Waals surface area contributed by atoms with Gasteiger partial charge in [0.25, 0.3) is 0 Å². The number of urea groups is 1. The highest BCUT2D eigenvalue weighted by Crippen LogP contribution is 2.26. The Morgan fingerprint density at radius 2 is 2.28 bits per heavy atom. The van der Waals surface area contributed by atoms with Crippen molar-refractivity contribution in [1.29, 1.82) is 0 Å². The summed E-state index contributed by atoms with van der Waals surface area (Å²) in [6.45, 7) is 4.87. The molecule has 6 heteroatoms. The number of thiazole rings is 1. The smallest absolute Gasteiger partial charge is 0.318 e. The molecule has 1 fully saturated rings. The first kappa shape index (κ1) is 13.3. The zero-order valence-electron chi connectivity index (χ0n) is 10.8. The number of hydrogen-bond donors (Lipinski definition) is 2. The maximum atomic E-state index is 12.0. The molecule has 0 aliphatic heterocycles. The number of carbonyl (C=O) groups excluding carboxylic acids is 1. The van der Waals surface area contributed by atoms with Crippen molar-refractivity contribution in [3.63, 3.8) is 0 Å². The van der Waals surface area contributed by atoms with Gasteiger partial charge in [-0.05, 0) is 26.7 Å². The lowest BCUT2D eigenvalue weighted by molar-refractivity contribution is 0.173. The average molecular weight is 269 g/mol. The molecule has 100 valence electrons. The lowest BCUT2D eigenvalue weighted by atomic mass is 10.4. The highest BCUT2D eigenvalue weighted by molar-refractivity contribution is 7.11. The molecule has 18 heavy (non-hydrogen) atoms. The van der Waals surface area contributed by atoms with Gasteiger partial charge in [0.1, 0.15) is 0 Å². The van der Waals surface area contributed by atoms with Crippen LogP contribution in [0.3, 0.4) is 0 Å². The minimum Gasteiger partial charge on any atom is -0.395 e. The first-order chi connectivity index (χ1) is 8.61. The molecule has 1 aliphatic rings. The molecular weight excluding hydrogens is 250 g/mol. The second-order valence-corrected chi connectivity index (χ2v) is 5.84. The summed E-state index contributed by atoms with van der Waals surface area (Å²) in [6.07, 6.45) is 2.10. The Morgan fingerprint density at radius 1 is 1.56 bits per heavy atom. The molecule has 5 nitrogen and oxygen atoms in total. The van der Waals surface area contributed by atoms with Gasteiger partial charge in [0, 0.05) is 17.5 Å². The molecule has 0 atom stereocenters. The number of carbonyl (C=O) groups is 1. The summed E-state index contributed by atoms with van der Waals surface area (Å²) in [5.74, 6) is 0. The Bertz CT molecular complexity index is 429. The molecule has 1 aromatic heterocycles. The fourth-order valence-electron chi connectivity index (χ4n) is 1.94. The molecule has 1 aromatic rings. The van der Waals surface area contributed by atoms with Crippen molar-refractivity contribution >= 4 is 17.4 Å². The Balaban J connectivity index is 1.88. The molecule has 1 saturated carbocycles. The van der Waals surface area contributed by atoms with Gasteiger partial charge in [-0.3, -0.25) is 0 Å². The monoisotopic (exact) mass is 269 g/mol. The van der Waals surface area contributed by atoms with Crippen LogP contribution < -0.4 is 5.32 Å². The zero-order chi connectivity index (χ0) is 13.1. The Hall–Kier alpha value is -1.14. The van der Waals surface area contributed by atoms with Gasteiger partial charge in [-0.25, -0.2) is 9.78 Å². The Labute approximate surface area is 111 Å². The van der Waals surface area contributed by atoms with Crippen LogP contribution in [-0.2, 0) is 6.54 Å². The molecule has 2 N–H and O–H groups in total. The average Bonchev–Trinajstić information content (AvgIpc) is 3.10. The normalized spacial score (nSPS) is 14.6. The molecular formula is C12H19N3O2S. The largest absolute Gasteiger partial charge is 0.395 e. The third kappa shape index (κ3) is 3.20. The first-order valence-corrected chi connectivity index (χ1v) is 7.01. The number of aliphatic hydroxyl groups excluding tert-OH is 1. The van der Waals surface area contributed by atoms with Gasteiger partial charge in [-0.1, -0.05) is 0 Å². The second-order valence-electron chi connectivity index (χ2n) is 4.55. The number of rotatable bonds is 5. The molecule has 2 rings (SSSR count). The van der Waals surface area contributed by atoms with E-state index in [0.29, 0.717) is 19.1 Å². The lowest BCUT2D eigenvalue weighted by Gasteiger charge is -2.21. The molecule has 1 aliphatic carbocycles. The number of nitrogens with one attached hydrogen (secondary N) is 1. The molecule has 0 aromatic carbocycles. The third-order valence-electron chi connectivity index (χ3n) is 2.99. The summed E-state index contributed by atoms with van der Waals surface area (Å²) in [5.41, 5.74) is 0.984. The van der Waals surface area contributed by atoms with Crippen LogP contribution in [0.1, 0.15) is 28.4 Å². The first-order valence-electron chi connectivity index (χ1n) is 6.20.